The molecule has 370 valence electrons. The van der Waals surface area contributed by atoms with Gasteiger partial charge in [-0.3, -0.25) is 9.59 Å². The quantitative estimate of drug-likeness (QED) is 0.0321. The Morgan fingerprint density at radius 3 is 1.29 bits per heavy atom. The molecule has 1 amide bonds. The second-order valence-corrected chi connectivity index (χ2v) is 17.5. The van der Waals surface area contributed by atoms with Crippen LogP contribution in [0, 0.1) is 0 Å². The molecule has 0 heterocycles. The maximum atomic E-state index is 13.2. The van der Waals surface area contributed by atoms with E-state index in [1.54, 1.807) is 0 Å². The number of hydrogen-bond donors (Lipinski definition) is 3. The third-order valence-corrected chi connectivity index (χ3v) is 11.3. The normalized spacial score (nSPS) is 14.1. The molecule has 0 aromatic carbocycles. The summed E-state index contributed by atoms with van der Waals surface area (Å²) in [5.74, 6) is -0.606. The number of rotatable bonds is 46. The molecule has 0 rings (SSSR count). The maximum Gasteiger partial charge on any atom is 0.306 e. The van der Waals surface area contributed by atoms with Crippen molar-refractivity contribution in [2.75, 3.05) is 6.61 Å². The largest absolute Gasteiger partial charge is 0.462 e. The first kappa shape index (κ1) is 61.5. The van der Waals surface area contributed by atoms with Gasteiger partial charge in [-0.25, -0.2) is 0 Å². The lowest BCUT2D eigenvalue weighted by molar-refractivity contribution is -0.151. The number of aliphatic hydroxyl groups is 2. The predicted octanol–water partition coefficient (Wildman–Crippen LogP) is 16.3. The number of carbonyl (C=O) groups excluding carboxylic acids is 2. The number of aliphatic hydroxyl groups excluding tert-OH is 2. The van der Waals surface area contributed by atoms with Crippen molar-refractivity contribution in [2.24, 2.45) is 0 Å². The number of hydrogen-bond acceptors (Lipinski definition) is 5. The SMILES string of the molecule is CC/C=C\C/C=C\C/C=C\C/C=C\C/C=C\CCCC(CC(=O)NC(CO)C(O)CCCCCCCCCCCCCC)OC(=O)CCC/C=C\C/C=C\C/C=C\C/C=C\CCCCC. The molecular formula is C59H99NO5. The Hall–Kier alpha value is -3.48. The molecule has 0 aliphatic carbocycles. The Balaban J connectivity index is 4.81. The highest BCUT2D eigenvalue weighted by Crippen LogP contribution is 2.16. The van der Waals surface area contributed by atoms with Crippen molar-refractivity contribution in [3.05, 3.63) is 109 Å². The molecule has 0 saturated carbocycles. The number of esters is 1. The van der Waals surface area contributed by atoms with Gasteiger partial charge >= 0.3 is 5.97 Å². The molecule has 0 radical (unpaired) electrons. The number of unbranched alkanes of at least 4 members (excludes halogenated alkanes) is 16. The monoisotopic (exact) mass is 902 g/mol. The third kappa shape index (κ3) is 46.8. The number of carbonyl (C=O) groups is 2. The van der Waals surface area contributed by atoms with E-state index in [-0.39, 0.29) is 24.9 Å². The first-order valence-corrected chi connectivity index (χ1v) is 26.6. The lowest BCUT2D eigenvalue weighted by Crippen LogP contribution is -2.46. The number of ether oxygens (including phenoxy) is 1. The van der Waals surface area contributed by atoms with E-state index < -0.39 is 18.2 Å². The van der Waals surface area contributed by atoms with E-state index in [0.29, 0.717) is 25.7 Å². The number of nitrogens with one attached hydrogen (secondary N) is 1. The van der Waals surface area contributed by atoms with Crippen LogP contribution in [0.15, 0.2) is 109 Å². The standard InChI is InChI=1S/C59H99NO5/c1-4-7-10-13-16-19-22-25-27-29-31-33-35-38-41-44-47-50-55(65-59(64)52-49-46-43-40-37-34-32-30-28-26-23-20-17-14-11-8-5-2)53-58(63)60-56(54-61)57(62)51-48-45-42-39-36-24-21-18-15-12-9-6-3/h7,10,16-17,19-20,25-28,31-34,38,40-41,43,55-57,61-62H,4-6,8-9,11-15,18,21-24,29-30,35-37,39,42,44-54H2,1-3H3,(H,60,63)/b10-7-,19-16-,20-17-,27-25-,28-26-,33-31-,34-32-,41-38-,43-40-. The lowest BCUT2D eigenvalue weighted by atomic mass is 10.0. The zero-order valence-electron chi connectivity index (χ0n) is 42.1. The average Bonchev–Trinajstić information content (AvgIpc) is 3.30. The van der Waals surface area contributed by atoms with Crippen LogP contribution in [0.4, 0.5) is 0 Å². The summed E-state index contributed by atoms with van der Waals surface area (Å²) < 4.78 is 5.88. The predicted molar refractivity (Wildman–Crippen MR) is 282 cm³/mol. The van der Waals surface area contributed by atoms with Crippen molar-refractivity contribution >= 4 is 11.9 Å². The van der Waals surface area contributed by atoms with E-state index in [9.17, 15) is 19.8 Å². The summed E-state index contributed by atoms with van der Waals surface area (Å²) in [5, 5.41) is 23.8. The molecule has 0 aromatic heterocycles. The van der Waals surface area contributed by atoms with Crippen LogP contribution in [0.1, 0.15) is 226 Å². The van der Waals surface area contributed by atoms with Crippen molar-refractivity contribution in [1.82, 2.24) is 5.32 Å². The van der Waals surface area contributed by atoms with Crippen LogP contribution in [-0.2, 0) is 14.3 Å². The zero-order chi connectivity index (χ0) is 47.4. The van der Waals surface area contributed by atoms with Gasteiger partial charge in [-0.15, -0.1) is 0 Å². The molecule has 6 heteroatoms. The van der Waals surface area contributed by atoms with Crippen molar-refractivity contribution in [1.29, 1.82) is 0 Å². The van der Waals surface area contributed by atoms with Crippen LogP contribution in [0.3, 0.4) is 0 Å². The van der Waals surface area contributed by atoms with E-state index in [0.717, 1.165) is 89.9 Å². The second kappa shape index (κ2) is 51.5. The third-order valence-electron chi connectivity index (χ3n) is 11.3. The van der Waals surface area contributed by atoms with E-state index in [4.69, 9.17) is 4.74 Å². The lowest BCUT2D eigenvalue weighted by Gasteiger charge is -2.24. The Kier molecular flexibility index (Phi) is 48.7. The van der Waals surface area contributed by atoms with Gasteiger partial charge in [-0.05, 0) is 103 Å². The Morgan fingerprint density at radius 1 is 0.462 bits per heavy atom. The molecule has 3 atom stereocenters. The Morgan fingerprint density at radius 2 is 0.846 bits per heavy atom. The molecule has 0 aromatic rings. The highest BCUT2D eigenvalue weighted by atomic mass is 16.5. The first-order valence-electron chi connectivity index (χ1n) is 26.6. The summed E-state index contributed by atoms with van der Waals surface area (Å²) in [4.78, 5) is 26.2. The molecule has 3 N–H and O–H groups in total. The molecule has 65 heavy (non-hydrogen) atoms. The van der Waals surface area contributed by atoms with Gasteiger partial charge in [0.2, 0.25) is 5.91 Å². The minimum absolute atomic E-state index is 0.0103. The highest BCUT2D eigenvalue weighted by Gasteiger charge is 2.24. The summed E-state index contributed by atoms with van der Waals surface area (Å²) in [5.41, 5.74) is 0. The van der Waals surface area contributed by atoms with Crippen LogP contribution in [0.2, 0.25) is 0 Å². The van der Waals surface area contributed by atoms with Crippen LogP contribution < -0.4 is 5.32 Å². The smallest absolute Gasteiger partial charge is 0.306 e. The van der Waals surface area contributed by atoms with E-state index in [1.165, 1.54) is 83.5 Å². The molecule has 0 aliphatic heterocycles. The van der Waals surface area contributed by atoms with Gasteiger partial charge in [0.1, 0.15) is 6.10 Å². The summed E-state index contributed by atoms with van der Waals surface area (Å²) in [7, 11) is 0. The van der Waals surface area contributed by atoms with Gasteiger partial charge in [0, 0.05) is 6.42 Å². The molecule has 0 saturated heterocycles. The van der Waals surface area contributed by atoms with Crippen molar-refractivity contribution in [2.45, 2.75) is 244 Å². The summed E-state index contributed by atoms with van der Waals surface area (Å²) in [6, 6.07) is -0.738. The Labute approximate surface area is 400 Å². The molecule has 6 nitrogen and oxygen atoms in total. The van der Waals surface area contributed by atoms with Gasteiger partial charge in [0.05, 0.1) is 25.2 Å². The van der Waals surface area contributed by atoms with Crippen molar-refractivity contribution in [3.63, 3.8) is 0 Å². The molecule has 0 bridgehead atoms. The summed E-state index contributed by atoms with van der Waals surface area (Å²) in [6.07, 6.45) is 70.1. The summed E-state index contributed by atoms with van der Waals surface area (Å²) >= 11 is 0. The number of allylic oxidation sites excluding steroid dienone is 18. The molecule has 3 unspecified atom stereocenters. The fraction of sp³-hybridized carbons (Fsp3) is 0.661. The van der Waals surface area contributed by atoms with Crippen LogP contribution in [0.25, 0.3) is 0 Å². The minimum atomic E-state index is -0.818. The van der Waals surface area contributed by atoms with E-state index in [1.807, 2.05) is 0 Å². The second-order valence-electron chi connectivity index (χ2n) is 17.5. The molecule has 0 fully saturated rings. The van der Waals surface area contributed by atoms with Gasteiger partial charge < -0.3 is 20.3 Å². The van der Waals surface area contributed by atoms with E-state index in [2.05, 4.69) is 135 Å². The minimum Gasteiger partial charge on any atom is -0.462 e. The van der Waals surface area contributed by atoms with E-state index >= 15 is 0 Å². The first-order chi connectivity index (χ1) is 32.0. The Bertz CT molecular complexity index is 1330. The summed E-state index contributed by atoms with van der Waals surface area (Å²) in [6.45, 7) is 6.30. The van der Waals surface area contributed by atoms with Crippen LogP contribution in [0.5, 0.6) is 0 Å². The fourth-order valence-corrected chi connectivity index (χ4v) is 7.34. The van der Waals surface area contributed by atoms with Crippen LogP contribution >= 0.6 is 0 Å². The molecular weight excluding hydrogens is 803 g/mol. The molecule has 0 aliphatic rings. The van der Waals surface area contributed by atoms with Gasteiger partial charge in [0.15, 0.2) is 0 Å². The van der Waals surface area contributed by atoms with Crippen molar-refractivity contribution < 1.29 is 24.5 Å². The average molecular weight is 902 g/mol. The molecule has 0 spiro atoms. The van der Waals surface area contributed by atoms with Crippen molar-refractivity contribution in [3.8, 4) is 0 Å². The van der Waals surface area contributed by atoms with Gasteiger partial charge in [-0.1, -0.05) is 220 Å². The fourth-order valence-electron chi connectivity index (χ4n) is 7.34. The highest BCUT2D eigenvalue weighted by molar-refractivity contribution is 5.77. The maximum absolute atomic E-state index is 13.2. The van der Waals surface area contributed by atoms with Crippen LogP contribution in [-0.4, -0.2) is 46.9 Å². The zero-order valence-corrected chi connectivity index (χ0v) is 42.1. The number of amides is 1. The van der Waals surface area contributed by atoms with Gasteiger partial charge in [0.25, 0.3) is 0 Å². The van der Waals surface area contributed by atoms with Gasteiger partial charge in [-0.2, -0.15) is 0 Å². The topological polar surface area (TPSA) is 95.9 Å².